The Labute approximate surface area is 194 Å². The maximum absolute atomic E-state index is 14.7. The maximum Gasteiger partial charge on any atom is 0.127 e. The number of nitrogens with zero attached hydrogens (tertiary/aromatic N) is 2. The van der Waals surface area contributed by atoms with Gasteiger partial charge in [-0.2, -0.15) is 5.26 Å². The fourth-order valence-corrected chi connectivity index (χ4v) is 4.62. The highest BCUT2D eigenvalue weighted by molar-refractivity contribution is 5.66. The molecule has 0 spiro atoms. The van der Waals surface area contributed by atoms with Crippen molar-refractivity contribution in [1.29, 1.82) is 5.26 Å². The zero-order chi connectivity index (χ0) is 23.3. The predicted octanol–water partition coefficient (Wildman–Crippen LogP) is 6.01. The average molecular weight is 447 g/mol. The van der Waals surface area contributed by atoms with Crippen molar-refractivity contribution in [2.45, 2.75) is 31.5 Å². The van der Waals surface area contributed by atoms with Gasteiger partial charge in [-0.1, -0.05) is 36.4 Å². The van der Waals surface area contributed by atoms with Gasteiger partial charge in [0.15, 0.2) is 0 Å². The molecule has 1 heterocycles. The molecular formula is C28H28F2N2O. The van der Waals surface area contributed by atoms with E-state index in [2.05, 4.69) is 18.0 Å². The zero-order valence-electron chi connectivity index (χ0n) is 18.9. The minimum absolute atomic E-state index is 0.187. The second-order valence-corrected chi connectivity index (χ2v) is 8.92. The quantitative estimate of drug-likeness (QED) is 0.446. The third-order valence-electron chi connectivity index (χ3n) is 6.59. The van der Waals surface area contributed by atoms with Crippen molar-refractivity contribution in [3.05, 3.63) is 94.8 Å². The molecule has 1 aliphatic rings. The van der Waals surface area contributed by atoms with Gasteiger partial charge in [-0.05, 0) is 91.1 Å². The Morgan fingerprint density at radius 2 is 1.67 bits per heavy atom. The molecule has 0 unspecified atom stereocenters. The Morgan fingerprint density at radius 3 is 2.33 bits per heavy atom. The Kier molecular flexibility index (Phi) is 7.17. The van der Waals surface area contributed by atoms with Crippen molar-refractivity contribution in [1.82, 2.24) is 4.90 Å². The van der Waals surface area contributed by atoms with Crippen LogP contribution in [0.5, 0.6) is 0 Å². The summed E-state index contributed by atoms with van der Waals surface area (Å²) < 4.78 is 34.5. The summed E-state index contributed by atoms with van der Waals surface area (Å²) in [6.07, 6.45) is 1.65. The van der Waals surface area contributed by atoms with E-state index in [1.54, 1.807) is 18.2 Å². The number of hydrogen-bond donors (Lipinski definition) is 0. The molecule has 0 N–H and O–H groups in total. The first-order valence-corrected chi connectivity index (χ1v) is 11.2. The molecule has 0 amide bonds. The summed E-state index contributed by atoms with van der Waals surface area (Å²) in [6, 6.07) is 22.0. The lowest BCUT2D eigenvalue weighted by molar-refractivity contribution is 0.0392. The van der Waals surface area contributed by atoms with Crippen LogP contribution in [-0.2, 0) is 23.4 Å². The molecule has 170 valence electrons. The van der Waals surface area contributed by atoms with E-state index in [9.17, 15) is 8.78 Å². The van der Waals surface area contributed by atoms with Gasteiger partial charge >= 0.3 is 0 Å². The average Bonchev–Trinajstić information content (AvgIpc) is 2.85. The molecule has 1 saturated heterocycles. The second-order valence-electron chi connectivity index (χ2n) is 8.92. The van der Waals surface area contributed by atoms with Gasteiger partial charge in [0.2, 0.25) is 0 Å². The Morgan fingerprint density at radius 1 is 0.970 bits per heavy atom. The van der Waals surface area contributed by atoms with Crippen LogP contribution < -0.4 is 0 Å². The smallest absolute Gasteiger partial charge is 0.127 e. The molecular weight excluding hydrogens is 418 g/mol. The molecule has 3 aromatic carbocycles. The number of hydrogen-bond acceptors (Lipinski definition) is 3. The predicted molar refractivity (Wildman–Crippen MR) is 126 cm³/mol. The van der Waals surface area contributed by atoms with Crippen molar-refractivity contribution in [3.63, 3.8) is 0 Å². The zero-order valence-corrected chi connectivity index (χ0v) is 18.9. The van der Waals surface area contributed by atoms with Crippen LogP contribution in [0.25, 0.3) is 11.1 Å². The van der Waals surface area contributed by atoms with Crippen LogP contribution in [0.3, 0.4) is 0 Å². The molecule has 4 rings (SSSR count). The fourth-order valence-electron chi connectivity index (χ4n) is 4.62. The van der Waals surface area contributed by atoms with Gasteiger partial charge < -0.3 is 9.64 Å². The van der Waals surface area contributed by atoms with E-state index in [4.69, 9.17) is 10.00 Å². The monoisotopic (exact) mass is 446 g/mol. The van der Waals surface area contributed by atoms with Gasteiger partial charge in [0.05, 0.1) is 24.8 Å². The van der Waals surface area contributed by atoms with E-state index >= 15 is 0 Å². The number of alkyl halides is 1. The molecule has 1 aliphatic heterocycles. The van der Waals surface area contributed by atoms with E-state index in [0.717, 1.165) is 42.6 Å². The van der Waals surface area contributed by atoms with Crippen LogP contribution in [0, 0.1) is 17.1 Å². The number of likely N-dealkylation sites (tertiary alicyclic amines) is 1. The first kappa shape index (κ1) is 23.1. The van der Waals surface area contributed by atoms with Crippen molar-refractivity contribution >= 4 is 0 Å². The summed E-state index contributed by atoms with van der Waals surface area (Å²) in [5.41, 5.74) is 4.19. The topological polar surface area (TPSA) is 36.3 Å². The minimum Gasteiger partial charge on any atom is -0.376 e. The van der Waals surface area contributed by atoms with E-state index in [1.807, 2.05) is 42.5 Å². The summed E-state index contributed by atoms with van der Waals surface area (Å²) in [5.74, 6) is -0.187. The van der Waals surface area contributed by atoms with Crippen LogP contribution >= 0.6 is 0 Å². The van der Waals surface area contributed by atoms with Gasteiger partial charge in [0.1, 0.15) is 12.5 Å². The Bertz CT molecular complexity index is 1130. The first-order chi connectivity index (χ1) is 16.0. The van der Waals surface area contributed by atoms with Gasteiger partial charge in [-0.3, -0.25) is 0 Å². The van der Waals surface area contributed by atoms with Crippen molar-refractivity contribution in [2.75, 3.05) is 26.7 Å². The maximum atomic E-state index is 14.7. The third-order valence-corrected chi connectivity index (χ3v) is 6.59. The SMILES string of the molecule is CN1CCC(COCc2cc(CF)cc(-c3ccc(C#N)cc3)c2)(c2ccccc2F)CC1. The fraction of sp³-hybridized carbons (Fsp3) is 0.321. The van der Waals surface area contributed by atoms with Crippen LogP contribution in [-0.4, -0.2) is 31.6 Å². The summed E-state index contributed by atoms with van der Waals surface area (Å²) in [6.45, 7) is 1.94. The second kappa shape index (κ2) is 10.2. The highest BCUT2D eigenvalue weighted by Crippen LogP contribution is 2.37. The molecule has 3 nitrogen and oxygen atoms in total. The summed E-state index contributed by atoms with van der Waals surface area (Å²) in [7, 11) is 2.08. The van der Waals surface area contributed by atoms with Gasteiger partial charge in [-0.25, -0.2) is 8.78 Å². The molecule has 0 radical (unpaired) electrons. The molecule has 0 atom stereocenters. The number of ether oxygens (including phenoxy) is 1. The third kappa shape index (κ3) is 5.30. The first-order valence-electron chi connectivity index (χ1n) is 11.2. The van der Waals surface area contributed by atoms with Crippen LogP contribution in [0.1, 0.15) is 35.1 Å². The molecule has 5 heteroatoms. The summed E-state index contributed by atoms with van der Waals surface area (Å²) in [5, 5.41) is 9.02. The highest BCUT2D eigenvalue weighted by atomic mass is 19.1. The number of nitriles is 1. The van der Waals surface area contributed by atoms with E-state index in [1.165, 1.54) is 6.07 Å². The normalized spacial score (nSPS) is 15.8. The Balaban J connectivity index is 1.54. The van der Waals surface area contributed by atoms with Gasteiger partial charge in [0.25, 0.3) is 0 Å². The highest BCUT2D eigenvalue weighted by Gasteiger charge is 2.37. The molecule has 33 heavy (non-hydrogen) atoms. The van der Waals surface area contributed by atoms with Crippen molar-refractivity contribution in [2.24, 2.45) is 0 Å². The Hall–Kier alpha value is -3.07. The molecule has 0 aromatic heterocycles. The summed E-state index contributed by atoms with van der Waals surface area (Å²) >= 11 is 0. The number of rotatable bonds is 7. The van der Waals surface area contributed by atoms with Crippen molar-refractivity contribution in [3.8, 4) is 17.2 Å². The molecule has 3 aromatic rings. The van der Waals surface area contributed by atoms with Crippen molar-refractivity contribution < 1.29 is 13.5 Å². The molecule has 0 saturated carbocycles. The number of benzene rings is 3. The van der Waals surface area contributed by atoms with Gasteiger partial charge in [0, 0.05) is 5.41 Å². The molecule has 0 bridgehead atoms. The van der Waals surface area contributed by atoms with Crippen LogP contribution in [0.2, 0.25) is 0 Å². The van der Waals surface area contributed by atoms with E-state index in [-0.39, 0.29) is 11.2 Å². The lowest BCUT2D eigenvalue weighted by atomic mass is 9.73. The number of halogens is 2. The lowest BCUT2D eigenvalue weighted by Crippen LogP contribution is -2.44. The van der Waals surface area contributed by atoms with Gasteiger partial charge in [-0.15, -0.1) is 0 Å². The standard InChI is InChI=1S/C28H28F2N2O/c1-32-12-10-28(11-13-32,26-4-2-3-5-27(26)30)20-33-19-23-14-22(17-29)15-25(16-23)24-8-6-21(18-31)7-9-24/h2-9,14-16H,10-13,17,19-20H2,1H3. The largest absolute Gasteiger partial charge is 0.376 e. The van der Waals surface area contributed by atoms with Crippen LogP contribution in [0.4, 0.5) is 8.78 Å². The number of piperidine rings is 1. The summed E-state index contributed by atoms with van der Waals surface area (Å²) in [4.78, 5) is 2.26. The van der Waals surface area contributed by atoms with E-state index < -0.39 is 6.67 Å². The molecule has 0 aliphatic carbocycles. The minimum atomic E-state index is -0.567. The van der Waals surface area contributed by atoms with Crippen LogP contribution in [0.15, 0.2) is 66.7 Å². The molecule has 1 fully saturated rings. The van der Waals surface area contributed by atoms with E-state index in [0.29, 0.717) is 29.9 Å². The lowest BCUT2D eigenvalue weighted by Gasteiger charge is -2.41.